The van der Waals surface area contributed by atoms with E-state index < -0.39 is 0 Å². The van der Waals surface area contributed by atoms with E-state index in [0.717, 1.165) is 95.4 Å². The Balaban J connectivity index is 1.24. The first kappa shape index (κ1) is 36.1. The van der Waals surface area contributed by atoms with E-state index in [1.54, 1.807) is 0 Å². The van der Waals surface area contributed by atoms with Gasteiger partial charge in [-0.05, 0) is 131 Å². The number of benzene rings is 5. The Labute approximate surface area is 348 Å². The van der Waals surface area contributed by atoms with Crippen LogP contribution in [0.3, 0.4) is 0 Å². The predicted octanol–water partition coefficient (Wildman–Crippen LogP) is 13.1. The molecule has 0 aliphatic rings. The number of hydrogen-bond acceptors (Lipinski definition) is 6. The highest BCUT2D eigenvalue weighted by atomic mass is 14.9. The minimum atomic E-state index is 0.620. The van der Waals surface area contributed by atoms with Crippen LogP contribution in [-0.4, -0.2) is 29.9 Å². The molecule has 6 nitrogen and oxygen atoms in total. The first-order valence-corrected chi connectivity index (χ1v) is 19.8. The molecule has 282 valence electrons. The second-order valence-corrected chi connectivity index (χ2v) is 14.5. The van der Waals surface area contributed by atoms with Crippen LogP contribution in [0, 0.1) is 0 Å². The Hall–Kier alpha value is -8.22. The highest BCUT2D eigenvalue weighted by Crippen LogP contribution is 2.39. The monoisotopic (exact) mass is 768 g/mol. The zero-order valence-electron chi connectivity index (χ0n) is 32.5. The molecule has 10 aromatic rings. The van der Waals surface area contributed by atoms with Crippen LogP contribution in [0.25, 0.3) is 101 Å². The summed E-state index contributed by atoms with van der Waals surface area (Å²) in [5.74, 6) is 0.620. The van der Waals surface area contributed by atoms with Crippen molar-refractivity contribution < 1.29 is 0 Å². The van der Waals surface area contributed by atoms with Crippen molar-refractivity contribution in [2.45, 2.75) is 0 Å². The minimum absolute atomic E-state index is 0.620. The van der Waals surface area contributed by atoms with Gasteiger partial charge in [-0.3, -0.25) is 19.9 Å². The molecule has 0 saturated heterocycles. The van der Waals surface area contributed by atoms with Gasteiger partial charge < -0.3 is 0 Å². The van der Waals surface area contributed by atoms with Crippen LogP contribution >= 0.6 is 0 Å². The highest BCUT2D eigenvalue weighted by molar-refractivity contribution is 5.87. The number of rotatable bonds is 9. The van der Waals surface area contributed by atoms with Gasteiger partial charge in [0.25, 0.3) is 0 Å². The average molecular weight is 769 g/mol. The number of hydrogen-bond donors (Lipinski definition) is 0. The number of aromatic nitrogens is 6. The minimum Gasteiger partial charge on any atom is -0.256 e. The van der Waals surface area contributed by atoms with Gasteiger partial charge in [0.15, 0.2) is 5.82 Å². The van der Waals surface area contributed by atoms with Crippen molar-refractivity contribution in [3.63, 3.8) is 0 Å². The smallest absolute Gasteiger partial charge is 0.160 e. The average Bonchev–Trinajstić information content (AvgIpc) is 3.35. The Morgan fingerprint density at radius 3 is 0.800 bits per heavy atom. The van der Waals surface area contributed by atoms with E-state index >= 15 is 0 Å². The summed E-state index contributed by atoms with van der Waals surface area (Å²) >= 11 is 0. The molecular weight excluding hydrogens is 733 g/mol. The summed E-state index contributed by atoms with van der Waals surface area (Å²) in [7, 11) is 0. The van der Waals surface area contributed by atoms with E-state index in [0.29, 0.717) is 5.82 Å². The molecule has 5 aromatic carbocycles. The molecule has 0 aliphatic carbocycles. The summed E-state index contributed by atoms with van der Waals surface area (Å²) in [6, 6.07) is 66.4. The summed E-state index contributed by atoms with van der Waals surface area (Å²) in [4.78, 5) is 29.6. The molecule has 0 saturated carbocycles. The van der Waals surface area contributed by atoms with Gasteiger partial charge in [-0.15, -0.1) is 0 Å². The molecule has 5 heterocycles. The van der Waals surface area contributed by atoms with Crippen LogP contribution in [-0.2, 0) is 0 Å². The van der Waals surface area contributed by atoms with Crippen molar-refractivity contribution in [1.82, 2.24) is 29.9 Å². The van der Waals surface area contributed by atoms with Crippen LogP contribution < -0.4 is 0 Å². The lowest BCUT2D eigenvalue weighted by Crippen LogP contribution is -1.97. The molecule has 0 radical (unpaired) electrons. The molecule has 0 bridgehead atoms. The lowest BCUT2D eigenvalue weighted by atomic mass is 9.91. The highest BCUT2D eigenvalue weighted by Gasteiger charge is 2.17. The van der Waals surface area contributed by atoms with Crippen molar-refractivity contribution >= 4 is 0 Å². The van der Waals surface area contributed by atoms with Gasteiger partial charge in [0.2, 0.25) is 0 Å². The van der Waals surface area contributed by atoms with Gasteiger partial charge in [-0.25, -0.2) is 9.97 Å². The molecular formula is C54H36N6. The normalized spacial score (nSPS) is 11.0. The second kappa shape index (κ2) is 16.3. The Kier molecular flexibility index (Phi) is 9.84. The molecule has 10 rings (SSSR count). The molecule has 0 fully saturated rings. The van der Waals surface area contributed by atoms with Crippen molar-refractivity contribution in [3.8, 4) is 101 Å². The molecule has 0 N–H and O–H groups in total. The van der Waals surface area contributed by atoms with Crippen molar-refractivity contribution in [2.75, 3.05) is 0 Å². The zero-order chi connectivity index (χ0) is 40.1. The van der Waals surface area contributed by atoms with Crippen LogP contribution in [0.1, 0.15) is 0 Å². The van der Waals surface area contributed by atoms with Crippen molar-refractivity contribution in [1.29, 1.82) is 0 Å². The van der Waals surface area contributed by atoms with Crippen LogP contribution in [0.4, 0.5) is 0 Å². The SMILES string of the molecule is c1ccc(-c2cc(-c3ccccc3)nc(-c3cc(-c4cc(-c5ccccn5)cc(-c5ccccn5)c4)cc(-c4cc(-c5ccccn5)cc(-c5ccccn5)c4)c3)n2)cc1. The maximum atomic E-state index is 5.28. The van der Waals surface area contributed by atoms with E-state index in [-0.39, 0.29) is 0 Å². The molecule has 5 aromatic heterocycles. The van der Waals surface area contributed by atoms with Gasteiger partial charge in [-0.1, -0.05) is 84.9 Å². The maximum Gasteiger partial charge on any atom is 0.160 e. The van der Waals surface area contributed by atoms with Crippen LogP contribution in [0.5, 0.6) is 0 Å². The molecule has 0 atom stereocenters. The molecule has 6 heteroatoms. The standard InChI is InChI=1S/C54H36N6/c1-3-15-37(16-4-1)52-36-53(38-17-5-2-6-18-38)60-54(59-52)47-32-39(41-28-43(48-19-7-11-23-55-48)34-44(29-41)49-20-8-12-24-56-49)27-40(33-47)42-30-45(50-21-9-13-25-57-50)35-46(31-42)51-22-10-14-26-58-51/h1-36H. The third-order valence-corrected chi connectivity index (χ3v) is 10.4. The Bertz CT molecular complexity index is 2530. The Morgan fingerprint density at radius 1 is 0.200 bits per heavy atom. The van der Waals surface area contributed by atoms with E-state index in [1.807, 2.05) is 134 Å². The first-order chi connectivity index (χ1) is 29.7. The van der Waals surface area contributed by atoms with E-state index in [4.69, 9.17) is 29.9 Å². The van der Waals surface area contributed by atoms with E-state index in [2.05, 4.69) is 84.9 Å². The topological polar surface area (TPSA) is 77.3 Å². The van der Waals surface area contributed by atoms with Gasteiger partial charge in [0.05, 0.1) is 34.2 Å². The van der Waals surface area contributed by atoms with Crippen LogP contribution in [0.2, 0.25) is 0 Å². The molecule has 0 amide bonds. The fraction of sp³-hybridized carbons (Fsp3) is 0. The Morgan fingerprint density at radius 2 is 0.483 bits per heavy atom. The van der Waals surface area contributed by atoms with Gasteiger partial charge in [-0.2, -0.15) is 0 Å². The fourth-order valence-corrected chi connectivity index (χ4v) is 7.49. The molecule has 0 spiro atoms. The summed E-state index contributed by atoms with van der Waals surface area (Å²) in [6.45, 7) is 0. The predicted molar refractivity (Wildman–Crippen MR) is 242 cm³/mol. The van der Waals surface area contributed by atoms with Crippen molar-refractivity contribution in [2.24, 2.45) is 0 Å². The second-order valence-electron chi connectivity index (χ2n) is 14.5. The maximum absolute atomic E-state index is 5.28. The van der Waals surface area contributed by atoms with Gasteiger partial charge in [0, 0.05) is 63.7 Å². The third kappa shape index (κ3) is 7.73. The first-order valence-electron chi connectivity index (χ1n) is 19.8. The summed E-state index contributed by atoms with van der Waals surface area (Å²) < 4.78 is 0. The molecule has 0 unspecified atom stereocenters. The zero-order valence-corrected chi connectivity index (χ0v) is 32.5. The largest absolute Gasteiger partial charge is 0.256 e. The summed E-state index contributed by atoms with van der Waals surface area (Å²) in [5.41, 5.74) is 16.1. The van der Waals surface area contributed by atoms with E-state index in [9.17, 15) is 0 Å². The van der Waals surface area contributed by atoms with E-state index in [1.165, 1.54) is 0 Å². The van der Waals surface area contributed by atoms with Crippen molar-refractivity contribution in [3.05, 3.63) is 219 Å². The number of pyridine rings is 4. The fourth-order valence-electron chi connectivity index (χ4n) is 7.49. The van der Waals surface area contributed by atoms with Gasteiger partial charge in [0.1, 0.15) is 0 Å². The molecule has 0 aliphatic heterocycles. The lowest BCUT2D eigenvalue weighted by molar-refractivity contribution is 1.18. The quantitative estimate of drug-likeness (QED) is 0.145. The number of nitrogens with zero attached hydrogens (tertiary/aromatic N) is 6. The third-order valence-electron chi connectivity index (χ3n) is 10.4. The molecule has 60 heavy (non-hydrogen) atoms. The van der Waals surface area contributed by atoms with Gasteiger partial charge >= 0.3 is 0 Å². The van der Waals surface area contributed by atoms with Crippen LogP contribution in [0.15, 0.2) is 219 Å². The summed E-state index contributed by atoms with van der Waals surface area (Å²) in [6.07, 6.45) is 7.32. The lowest BCUT2D eigenvalue weighted by Gasteiger charge is -2.16. The summed E-state index contributed by atoms with van der Waals surface area (Å²) in [5, 5.41) is 0.